The van der Waals surface area contributed by atoms with Crippen LogP contribution in [0.4, 0.5) is 0 Å². The third-order valence-corrected chi connectivity index (χ3v) is 6.38. The summed E-state index contributed by atoms with van der Waals surface area (Å²) in [4.78, 5) is 17.2. The third kappa shape index (κ3) is 5.52. The quantitative estimate of drug-likeness (QED) is 0.202. The van der Waals surface area contributed by atoms with Crippen LogP contribution in [0.1, 0.15) is 18.1 Å². The van der Waals surface area contributed by atoms with Crippen molar-refractivity contribution >= 4 is 46.0 Å². The van der Waals surface area contributed by atoms with Crippen molar-refractivity contribution < 1.29 is 14.6 Å². The minimum absolute atomic E-state index is 0.0426. The molecule has 0 radical (unpaired) electrons. The van der Waals surface area contributed by atoms with Crippen LogP contribution in [0.15, 0.2) is 77.0 Å². The molecule has 34 heavy (non-hydrogen) atoms. The number of amides is 1. The van der Waals surface area contributed by atoms with Crippen molar-refractivity contribution in [3.63, 3.8) is 0 Å². The lowest BCUT2D eigenvalue weighted by Crippen LogP contribution is -2.21. The monoisotopic (exact) mass is 494 g/mol. The van der Waals surface area contributed by atoms with E-state index in [9.17, 15) is 9.90 Å². The number of para-hydroxylation sites is 2. The molecule has 9 heteroatoms. The third-order valence-electron chi connectivity index (χ3n) is 5.15. The van der Waals surface area contributed by atoms with Crippen molar-refractivity contribution in [1.82, 2.24) is 15.0 Å². The topological polar surface area (TPSA) is 88.7 Å². The van der Waals surface area contributed by atoms with Crippen molar-refractivity contribution in [1.29, 1.82) is 0 Å². The van der Waals surface area contributed by atoms with E-state index in [-0.39, 0.29) is 17.4 Å². The molecule has 0 saturated carbocycles. The highest BCUT2D eigenvalue weighted by molar-refractivity contribution is 7.99. The Morgan fingerprint density at radius 2 is 1.94 bits per heavy atom. The van der Waals surface area contributed by atoms with E-state index in [0.29, 0.717) is 23.0 Å². The molecular weight excluding hydrogens is 472 g/mol. The normalized spacial score (nSPS) is 11.6. The molecule has 0 spiro atoms. The number of benzene rings is 3. The number of imidazole rings is 1. The highest BCUT2D eigenvalue weighted by Crippen LogP contribution is 2.27. The Labute approximate surface area is 206 Å². The standard InChI is InChI=1S/C25H23ClN4O3S/c1-16(18-9-12-22(31)23(13-18)33-2)28-29-24(32)15-34-25-27-20-5-3-4-6-21(20)30(25)14-17-7-10-19(26)11-8-17/h3-13,31H,14-15H2,1-2H3,(H,29,32). The van der Waals surface area contributed by atoms with Gasteiger partial charge in [0.1, 0.15) is 0 Å². The van der Waals surface area contributed by atoms with Gasteiger partial charge in [-0.25, -0.2) is 10.4 Å². The number of hydrogen-bond acceptors (Lipinski definition) is 6. The Morgan fingerprint density at radius 1 is 1.18 bits per heavy atom. The van der Waals surface area contributed by atoms with Gasteiger partial charge in [-0.3, -0.25) is 4.79 Å². The fourth-order valence-corrected chi connectivity index (χ4v) is 4.30. The maximum Gasteiger partial charge on any atom is 0.250 e. The number of thioether (sulfide) groups is 1. The van der Waals surface area contributed by atoms with Gasteiger partial charge in [0.2, 0.25) is 0 Å². The molecule has 0 fully saturated rings. The molecule has 1 aromatic heterocycles. The number of carbonyl (C=O) groups is 1. The summed E-state index contributed by atoms with van der Waals surface area (Å²) in [6.45, 7) is 2.38. The number of halogens is 1. The second-order valence-corrected chi connectivity index (χ2v) is 8.88. The van der Waals surface area contributed by atoms with E-state index in [1.807, 2.05) is 48.5 Å². The lowest BCUT2D eigenvalue weighted by atomic mass is 10.1. The number of carbonyl (C=O) groups excluding carboxylic acids is 1. The van der Waals surface area contributed by atoms with Gasteiger partial charge in [-0.2, -0.15) is 5.10 Å². The van der Waals surface area contributed by atoms with E-state index >= 15 is 0 Å². The first-order valence-corrected chi connectivity index (χ1v) is 11.8. The van der Waals surface area contributed by atoms with E-state index in [2.05, 4.69) is 15.1 Å². The molecule has 0 aliphatic heterocycles. The Hall–Kier alpha value is -3.49. The predicted molar refractivity (Wildman–Crippen MR) is 136 cm³/mol. The second-order valence-electron chi connectivity index (χ2n) is 7.50. The number of nitrogens with one attached hydrogen (secondary N) is 1. The largest absolute Gasteiger partial charge is 0.504 e. The molecule has 1 heterocycles. The van der Waals surface area contributed by atoms with Gasteiger partial charge in [-0.05, 0) is 55.0 Å². The number of aromatic hydroxyl groups is 1. The molecule has 0 unspecified atom stereocenters. The van der Waals surface area contributed by atoms with Crippen molar-refractivity contribution in [2.45, 2.75) is 18.6 Å². The first-order chi connectivity index (χ1) is 16.4. The first kappa shape index (κ1) is 23.7. The summed E-state index contributed by atoms with van der Waals surface area (Å²) >= 11 is 7.37. The average Bonchev–Trinajstić information content (AvgIpc) is 3.20. The van der Waals surface area contributed by atoms with E-state index in [1.54, 1.807) is 19.1 Å². The number of phenolic OH excluding ortho intramolecular Hbond substituents is 1. The Bertz CT molecular complexity index is 1350. The minimum atomic E-state index is -0.250. The number of hydrazone groups is 1. The van der Waals surface area contributed by atoms with Crippen LogP contribution >= 0.6 is 23.4 Å². The summed E-state index contributed by atoms with van der Waals surface area (Å²) in [5.41, 5.74) is 6.86. The van der Waals surface area contributed by atoms with E-state index in [1.165, 1.54) is 24.9 Å². The molecule has 4 rings (SSSR count). The highest BCUT2D eigenvalue weighted by atomic mass is 35.5. The SMILES string of the molecule is COc1cc(C(C)=NNC(=O)CSc2nc3ccccc3n2Cc2ccc(Cl)cc2)ccc1O. The number of ether oxygens (including phenoxy) is 1. The van der Waals surface area contributed by atoms with Gasteiger partial charge in [0.15, 0.2) is 16.7 Å². The summed E-state index contributed by atoms with van der Waals surface area (Å²) in [6.07, 6.45) is 0. The van der Waals surface area contributed by atoms with Crippen LogP contribution in [0.3, 0.4) is 0 Å². The van der Waals surface area contributed by atoms with Crippen molar-refractivity contribution in [2.75, 3.05) is 12.9 Å². The summed E-state index contributed by atoms with van der Waals surface area (Å²) in [7, 11) is 1.48. The number of aromatic nitrogens is 2. The molecule has 3 aromatic carbocycles. The van der Waals surface area contributed by atoms with Crippen LogP contribution in [0, 0.1) is 0 Å². The fraction of sp³-hybridized carbons (Fsp3) is 0.160. The number of hydrogen-bond donors (Lipinski definition) is 2. The van der Waals surface area contributed by atoms with E-state index < -0.39 is 0 Å². The van der Waals surface area contributed by atoms with Crippen molar-refractivity contribution in [3.8, 4) is 11.5 Å². The molecule has 7 nitrogen and oxygen atoms in total. The smallest absolute Gasteiger partial charge is 0.250 e. The van der Waals surface area contributed by atoms with Crippen LogP contribution in [0.5, 0.6) is 11.5 Å². The van der Waals surface area contributed by atoms with Crippen molar-refractivity contribution in [2.24, 2.45) is 5.10 Å². The second kappa shape index (κ2) is 10.6. The minimum Gasteiger partial charge on any atom is -0.504 e. The van der Waals surface area contributed by atoms with Crippen LogP contribution < -0.4 is 10.2 Å². The Kier molecular flexibility index (Phi) is 7.40. The zero-order valence-electron chi connectivity index (χ0n) is 18.7. The lowest BCUT2D eigenvalue weighted by molar-refractivity contribution is -0.118. The molecule has 4 aromatic rings. The van der Waals surface area contributed by atoms with Crippen LogP contribution in [-0.4, -0.2) is 39.1 Å². The first-order valence-electron chi connectivity index (χ1n) is 10.5. The molecule has 174 valence electrons. The molecule has 2 N–H and O–H groups in total. The molecule has 1 amide bonds. The van der Waals surface area contributed by atoms with Gasteiger partial charge in [-0.15, -0.1) is 0 Å². The zero-order valence-corrected chi connectivity index (χ0v) is 20.2. The molecule has 0 bridgehead atoms. The summed E-state index contributed by atoms with van der Waals surface area (Å²) in [5, 5.41) is 15.4. The van der Waals surface area contributed by atoms with Gasteiger partial charge in [-0.1, -0.05) is 47.6 Å². The van der Waals surface area contributed by atoms with Gasteiger partial charge in [0.25, 0.3) is 5.91 Å². The zero-order chi connectivity index (χ0) is 24.1. The number of nitrogens with zero attached hydrogens (tertiary/aromatic N) is 3. The van der Waals surface area contributed by atoms with Gasteiger partial charge < -0.3 is 14.4 Å². The number of phenols is 1. The molecule has 0 saturated heterocycles. The number of fused-ring (bicyclic) bond motifs is 1. The van der Waals surface area contributed by atoms with Crippen LogP contribution in [0.2, 0.25) is 5.02 Å². The van der Waals surface area contributed by atoms with Crippen molar-refractivity contribution in [3.05, 3.63) is 82.9 Å². The average molecular weight is 495 g/mol. The van der Waals surface area contributed by atoms with E-state index in [4.69, 9.17) is 21.3 Å². The maximum atomic E-state index is 12.5. The van der Waals surface area contributed by atoms with Gasteiger partial charge >= 0.3 is 0 Å². The Balaban J connectivity index is 1.46. The summed E-state index contributed by atoms with van der Waals surface area (Å²) in [5.74, 6) is 0.286. The van der Waals surface area contributed by atoms with E-state index in [0.717, 1.165) is 27.3 Å². The maximum absolute atomic E-state index is 12.5. The molecule has 0 aliphatic rings. The predicted octanol–water partition coefficient (Wildman–Crippen LogP) is 5.08. The molecule has 0 aliphatic carbocycles. The number of methoxy groups -OCH3 is 1. The number of rotatable bonds is 8. The molecular formula is C25H23ClN4O3S. The lowest BCUT2D eigenvalue weighted by Gasteiger charge is -2.09. The highest BCUT2D eigenvalue weighted by Gasteiger charge is 2.14. The summed E-state index contributed by atoms with van der Waals surface area (Å²) < 4.78 is 7.21. The Morgan fingerprint density at radius 3 is 2.71 bits per heavy atom. The molecule has 0 atom stereocenters. The summed E-state index contributed by atoms with van der Waals surface area (Å²) in [6, 6.07) is 20.5. The van der Waals surface area contributed by atoms with Gasteiger partial charge in [0, 0.05) is 10.6 Å². The van der Waals surface area contributed by atoms with Crippen LogP contribution in [-0.2, 0) is 11.3 Å². The van der Waals surface area contributed by atoms with Gasteiger partial charge in [0.05, 0.1) is 36.2 Å². The fourth-order valence-electron chi connectivity index (χ4n) is 3.36. The van der Waals surface area contributed by atoms with Crippen LogP contribution in [0.25, 0.3) is 11.0 Å².